The number of fused-ring (bicyclic) bond motifs is 1. The molecule has 0 unspecified atom stereocenters. The standard InChI is InChI=1S/C17H12BrClFN3/c18-10-1-4-12(5-2-10)23-17-14(7-8-21-17)16(22-23)13-6-3-11(20)9-15(13)19/h1-6,9,21H,7-8H2. The maximum absolute atomic E-state index is 13.3. The van der Waals surface area contributed by atoms with Gasteiger partial charge in [-0.25, -0.2) is 9.07 Å². The molecule has 23 heavy (non-hydrogen) atoms. The lowest BCUT2D eigenvalue weighted by Crippen LogP contribution is -2.04. The van der Waals surface area contributed by atoms with E-state index in [4.69, 9.17) is 16.7 Å². The molecule has 0 radical (unpaired) electrons. The lowest BCUT2D eigenvalue weighted by molar-refractivity contribution is 0.628. The van der Waals surface area contributed by atoms with Crippen LogP contribution in [0, 0.1) is 5.82 Å². The number of hydrogen-bond donors (Lipinski definition) is 1. The fourth-order valence-electron chi connectivity index (χ4n) is 2.84. The van der Waals surface area contributed by atoms with Crippen LogP contribution in [0.3, 0.4) is 0 Å². The largest absolute Gasteiger partial charge is 0.369 e. The van der Waals surface area contributed by atoms with E-state index in [1.807, 2.05) is 28.9 Å². The van der Waals surface area contributed by atoms with Crippen LogP contribution in [0.5, 0.6) is 0 Å². The van der Waals surface area contributed by atoms with Crippen LogP contribution in [-0.4, -0.2) is 16.3 Å². The monoisotopic (exact) mass is 391 g/mol. The average Bonchev–Trinajstić information content (AvgIpc) is 3.11. The highest BCUT2D eigenvalue weighted by Gasteiger charge is 2.25. The minimum absolute atomic E-state index is 0.346. The molecule has 0 spiro atoms. The quantitative estimate of drug-likeness (QED) is 0.660. The first kappa shape index (κ1) is 14.7. The molecule has 4 rings (SSSR count). The third-order valence-electron chi connectivity index (χ3n) is 3.91. The first-order chi connectivity index (χ1) is 11.1. The summed E-state index contributed by atoms with van der Waals surface area (Å²) in [5.41, 5.74) is 3.63. The Bertz CT molecular complexity index is 890. The van der Waals surface area contributed by atoms with Crippen LogP contribution >= 0.6 is 27.5 Å². The molecular weight excluding hydrogens is 381 g/mol. The van der Waals surface area contributed by atoms with Gasteiger partial charge in [0.2, 0.25) is 0 Å². The van der Waals surface area contributed by atoms with Crippen LogP contribution in [-0.2, 0) is 6.42 Å². The van der Waals surface area contributed by atoms with Gasteiger partial charge in [0.15, 0.2) is 0 Å². The van der Waals surface area contributed by atoms with Gasteiger partial charge in [0.1, 0.15) is 11.6 Å². The Morgan fingerprint density at radius 3 is 2.70 bits per heavy atom. The van der Waals surface area contributed by atoms with Gasteiger partial charge in [-0.2, -0.15) is 5.10 Å². The SMILES string of the molecule is Fc1ccc(-c2nn(-c3ccc(Br)cc3)c3c2CCN3)c(Cl)c1. The fourth-order valence-corrected chi connectivity index (χ4v) is 3.36. The van der Waals surface area contributed by atoms with E-state index in [-0.39, 0.29) is 5.82 Å². The van der Waals surface area contributed by atoms with E-state index < -0.39 is 0 Å². The van der Waals surface area contributed by atoms with Crippen LogP contribution < -0.4 is 5.32 Å². The lowest BCUT2D eigenvalue weighted by atomic mass is 10.1. The Kier molecular flexibility index (Phi) is 3.62. The molecule has 0 saturated carbocycles. The minimum Gasteiger partial charge on any atom is -0.369 e. The van der Waals surface area contributed by atoms with E-state index in [2.05, 4.69) is 21.2 Å². The zero-order chi connectivity index (χ0) is 16.0. The van der Waals surface area contributed by atoms with Gasteiger partial charge in [0.05, 0.1) is 16.4 Å². The van der Waals surface area contributed by atoms with Gasteiger partial charge in [0, 0.05) is 22.1 Å². The number of nitrogens with one attached hydrogen (secondary N) is 1. The summed E-state index contributed by atoms with van der Waals surface area (Å²) >= 11 is 9.67. The molecule has 0 fully saturated rings. The Labute approximate surface area is 146 Å². The van der Waals surface area contributed by atoms with Crippen molar-refractivity contribution in [2.75, 3.05) is 11.9 Å². The molecule has 2 aromatic carbocycles. The van der Waals surface area contributed by atoms with Crippen LogP contribution in [0.2, 0.25) is 5.02 Å². The summed E-state index contributed by atoms with van der Waals surface area (Å²) < 4.78 is 16.2. The van der Waals surface area contributed by atoms with Gasteiger partial charge in [-0.05, 0) is 48.9 Å². The molecule has 1 aromatic heterocycles. The Hall–Kier alpha value is -1.85. The third kappa shape index (κ3) is 2.54. The molecule has 116 valence electrons. The summed E-state index contributed by atoms with van der Waals surface area (Å²) in [5, 5.41) is 8.47. The van der Waals surface area contributed by atoms with Crippen molar-refractivity contribution in [1.82, 2.24) is 9.78 Å². The van der Waals surface area contributed by atoms with Crippen molar-refractivity contribution in [3.63, 3.8) is 0 Å². The van der Waals surface area contributed by atoms with Crippen molar-refractivity contribution in [1.29, 1.82) is 0 Å². The molecule has 0 saturated heterocycles. The summed E-state index contributed by atoms with van der Waals surface area (Å²) in [7, 11) is 0. The highest BCUT2D eigenvalue weighted by atomic mass is 79.9. The van der Waals surface area contributed by atoms with Crippen molar-refractivity contribution in [2.45, 2.75) is 6.42 Å². The first-order valence-electron chi connectivity index (χ1n) is 7.20. The van der Waals surface area contributed by atoms with Crippen LogP contribution in [0.15, 0.2) is 46.9 Å². The van der Waals surface area contributed by atoms with Gasteiger partial charge in [-0.3, -0.25) is 0 Å². The normalized spacial score (nSPS) is 13.0. The molecule has 1 aliphatic heterocycles. The first-order valence-corrected chi connectivity index (χ1v) is 8.38. The number of halogens is 3. The number of rotatable bonds is 2. The lowest BCUT2D eigenvalue weighted by Gasteiger charge is -2.06. The van der Waals surface area contributed by atoms with Crippen molar-refractivity contribution in [3.8, 4) is 16.9 Å². The topological polar surface area (TPSA) is 29.9 Å². The maximum atomic E-state index is 13.3. The van der Waals surface area contributed by atoms with E-state index in [0.717, 1.165) is 45.8 Å². The molecule has 0 amide bonds. The molecule has 3 nitrogen and oxygen atoms in total. The van der Waals surface area contributed by atoms with Gasteiger partial charge in [-0.1, -0.05) is 27.5 Å². The number of nitrogens with zero attached hydrogens (tertiary/aromatic N) is 2. The predicted octanol–water partition coefficient (Wildman–Crippen LogP) is 5.06. The second-order valence-electron chi connectivity index (χ2n) is 5.36. The van der Waals surface area contributed by atoms with Gasteiger partial charge in [-0.15, -0.1) is 0 Å². The minimum atomic E-state index is -0.346. The molecule has 3 aromatic rings. The zero-order valence-corrected chi connectivity index (χ0v) is 14.3. The van der Waals surface area contributed by atoms with E-state index in [1.165, 1.54) is 12.1 Å². The number of hydrogen-bond acceptors (Lipinski definition) is 2. The maximum Gasteiger partial charge on any atom is 0.133 e. The molecule has 0 aliphatic carbocycles. The molecule has 0 bridgehead atoms. The van der Waals surface area contributed by atoms with E-state index in [9.17, 15) is 4.39 Å². The number of aromatic nitrogens is 2. The second kappa shape index (κ2) is 5.65. The van der Waals surface area contributed by atoms with Crippen LogP contribution in [0.1, 0.15) is 5.56 Å². The van der Waals surface area contributed by atoms with Crippen LogP contribution in [0.4, 0.5) is 10.2 Å². The number of anilines is 1. The molecule has 1 N–H and O–H groups in total. The summed E-state index contributed by atoms with van der Waals surface area (Å²) in [6, 6.07) is 12.4. The zero-order valence-electron chi connectivity index (χ0n) is 12.0. The van der Waals surface area contributed by atoms with Crippen molar-refractivity contribution < 1.29 is 4.39 Å². The molecule has 1 aliphatic rings. The van der Waals surface area contributed by atoms with Crippen molar-refractivity contribution >= 4 is 33.3 Å². The van der Waals surface area contributed by atoms with Crippen molar-refractivity contribution in [3.05, 3.63) is 63.3 Å². The van der Waals surface area contributed by atoms with Gasteiger partial charge < -0.3 is 5.32 Å². The summed E-state index contributed by atoms with van der Waals surface area (Å²) in [4.78, 5) is 0. The Balaban J connectivity index is 1.89. The van der Waals surface area contributed by atoms with Gasteiger partial charge >= 0.3 is 0 Å². The molecule has 0 atom stereocenters. The summed E-state index contributed by atoms with van der Waals surface area (Å²) in [6.07, 6.45) is 0.870. The Morgan fingerprint density at radius 1 is 1.17 bits per heavy atom. The smallest absolute Gasteiger partial charge is 0.133 e. The molecule has 6 heteroatoms. The summed E-state index contributed by atoms with van der Waals surface area (Å²) in [5.74, 6) is 0.628. The van der Waals surface area contributed by atoms with Gasteiger partial charge in [0.25, 0.3) is 0 Å². The molecular formula is C17H12BrClFN3. The fraction of sp³-hybridized carbons (Fsp3) is 0.118. The average molecular weight is 393 g/mol. The van der Waals surface area contributed by atoms with E-state index in [1.54, 1.807) is 6.07 Å². The Morgan fingerprint density at radius 2 is 1.96 bits per heavy atom. The van der Waals surface area contributed by atoms with Crippen molar-refractivity contribution in [2.24, 2.45) is 0 Å². The van der Waals surface area contributed by atoms with E-state index >= 15 is 0 Å². The number of benzene rings is 2. The van der Waals surface area contributed by atoms with Crippen LogP contribution in [0.25, 0.3) is 16.9 Å². The second-order valence-corrected chi connectivity index (χ2v) is 6.69. The third-order valence-corrected chi connectivity index (χ3v) is 4.75. The highest BCUT2D eigenvalue weighted by molar-refractivity contribution is 9.10. The van der Waals surface area contributed by atoms with E-state index in [0.29, 0.717) is 5.02 Å². The highest BCUT2D eigenvalue weighted by Crippen LogP contribution is 2.37. The molecule has 2 heterocycles. The predicted molar refractivity (Wildman–Crippen MR) is 93.9 cm³/mol. The summed E-state index contributed by atoms with van der Waals surface area (Å²) in [6.45, 7) is 0.857.